The van der Waals surface area contributed by atoms with E-state index in [-0.39, 0.29) is 11.3 Å². The maximum atomic E-state index is 13.1. The highest BCUT2D eigenvalue weighted by molar-refractivity contribution is 7.89. The van der Waals surface area contributed by atoms with E-state index in [9.17, 15) is 26.4 Å². The van der Waals surface area contributed by atoms with Crippen LogP contribution < -0.4 is 0 Å². The largest absolute Gasteiger partial charge is 0.416 e. The van der Waals surface area contributed by atoms with Crippen LogP contribution in [0.25, 0.3) is 0 Å². The highest BCUT2D eigenvalue weighted by Crippen LogP contribution is 2.46. The van der Waals surface area contributed by atoms with Crippen LogP contribution in [-0.2, 0) is 21.0 Å². The third-order valence-electron chi connectivity index (χ3n) is 4.57. The molecule has 0 fully saturated rings. The summed E-state index contributed by atoms with van der Waals surface area (Å²) in [5, 5.41) is 0. The van der Waals surface area contributed by atoms with Crippen LogP contribution in [0, 0.1) is 0 Å². The third-order valence-corrected chi connectivity index (χ3v) is 6.56. The predicted molar refractivity (Wildman–Crippen MR) is 88.7 cm³/mol. The van der Waals surface area contributed by atoms with E-state index in [2.05, 4.69) is 0 Å². The van der Waals surface area contributed by atoms with Crippen molar-refractivity contribution in [1.82, 2.24) is 4.31 Å². The summed E-state index contributed by atoms with van der Waals surface area (Å²) in [6.45, 7) is 1.70. The second kappa shape index (κ2) is 6.51. The summed E-state index contributed by atoms with van der Waals surface area (Å²) in [6.07, 6.45) is -3.92. The van der Waals surface area contributed by atoms with Crippen LogP contribution in [0.1, 0.15) is 42.1 Å². The molecule has 2 unspecified atom stereocenters. The number of sulfonamides is 1. The molecule has 0 saturated carbocycles. The monoisotopic (exact) mass is 383 g/mol. The SMILES string of the molecule is CC1c2ccccc2C(CC=O)N1S(=O)(=O)c1ccc(C(F)(F)F)cc1. The molecule has 138 valence electrons. The van der Waals surface area contributed by atoms with Gasteiger partial charge in [0.1, 0.15) is 6.29 Å². The molecule has 8 heteroatoms. The second-order valence-corrected chi connectivity index (χ2v) is 7.92. The van der Waals surface area contributed by atoms with Gasteiger partial charge in [-0.25, -0.2) is 8.42 Å². The molecule has 2 atom stereocenters. The van der Waals surface area contributed by atoms with Gasteiger partial charge < -0.3 is 4.79 Å². The van der Waals surface area contributed by atoms with E-state index in [1.807, 2.05) is 0 Å². The van der Waals surface area contributed by atoms with E-state index in [0.717, 1.165) is 35.4 Å². The Labute approximate surface area is 149 Å². The molecule has 0 bridgehead atoms. The molecule has 26 heavy (non-hydrogen) atoms. The Hall–Kier alpha value is -2.19. The lowest BCUT2D eigenvalue weighted by Crippen LogP contribution is -2.32. The van der Waals surface area contributed by atoms with E-state index in [0.29, 0.717) is 6.29 Å². The van der Waals surface area contributed by atoms with Gasteiger partial charge in [0.15, 0.2) is 0 Å². The Morgan fingerprint density at radius 1 is 1.04 bits per heavy atom. The molecule has 2 aromatic carbocycles. The van der Waals surface area contributed by atoms with Crippen LogP contribution in [0.2, 0.25) is 0 Å². The lowest BCUT2D eigenvalue weighted by molar-refractivity contribution is -0.137. The van der Waals surface area contributed by atoms with Gasteiger partial charge in [-0.2, -0.15) is 17.5 Å². The zero-order valence-corrected chi connectivity index (χ0v) is 14.6. The van der Waals surface area contributed by atoms with Crippen molar-refractivity contribution in [2.24, 2.45) is 0 Å². The maximum Gasteiger partial charge on any atom is 0.416 e. The van der Waals surface area contributed by atoms with Crippen LogP contribution in [0.3, 0.4) is 0 Å². The van der Waals surface area contributed by atoms with Crippen LogP contribution in [0.5, 0.6) is 0 Å². The van der Waals surface area contributed by atoms with Gasteiger partial charge in [0.05, 0.1) is 16.5 Å². The first-order valence-corrected chi connectivity index (χ1v) is 9.35. The highest BCUT2D eigenvalue weighted by Gasteiger charge is 2.43. The van der Waals surface area contributed by atoms with Crippen molar-refractivity contribution in [3.05, 3.63) is 65.2 Å². The Bertz CT molecular complexity index is 923. The normalized spacial score (nSPS) is 20.8. The summed E-state index contributed by atoms with van der Waals surface area (Å²) in [5.74, 6) is 0. The van der Waals surface area contributed by atoms with Gasteiger partial charge in [0, 0.05) is 12.5 Å². The molecule has 2 aromatic rings. The topological polar surface area (TPSA) is 54.5 Å². The summed E-state index contributed by atoms with van der Waals surface area (Å²) in [5.41, 5.74) is 0.607. The minimum Gasteiger partial charge on any atom is -0.303 e. The number of aldehydes is 1. The number of hydrogen-bond donors (Lipinski definition) is 0. The summed E-state index contributed by atoms with van der Waals surface area (Å²) in [4.78, 5) is 10.9. The van der Waals surface area contributed by atoms with Crippen molar-refractivity contribution in [3.8, 4) is 0 Å². The minimum atomic E-state index is -4.54. The fraction of sp³-hybridized carbons (Fsp3) is 0.278. The van der Waals surface area contributed by atoms with Crippen molar-refractivity contribution in [1.29, 1.82) is 0 Å². The first-order valence-electron chi connectivity index (χ1n) is 7.91. The Balaban J connectivity index is 2.05. The molecule has 3 rings (SSSR count). The van der Waals surface area contributed by atoms with Crippen molar-refractivity contribution in [2.75, 3.05) is 0 Å². The lowest BCUT2D eigenvalue weighted by Gasteiger charge is -2.27. The van der Waals surface area contributed by atoms with Crippen LogP contribution in [0.15, 0.2) is 53.4 Å². The molecule has 0 aromatic heterocycles. The number of alkyl halides is 3. The number of rotatable bonds is 4. The van der Waals surface area contributed by atoms with Gasteiger partial charge in [-0.05, 0) is 42.3 Å². The third kappa shape index (κ3) is 3.03. The lowest BCUT2D eigenvalue weighted by atomic mass is 10.0. The fourth-order valence-electron chi connectivity index (χ4n) is 3.37. The number of nitrogens with zero attached hydrogens (tertiary/aromatic N) is 1. The molecule has 1 heterocycles. The van der Waals surface area contributed by atoms with Crippen LogP contribution in [0.4, 0.5) is 13.2 Å². The predicted octanol–water partition coefficient (Wildman–Crippen LogP) is 4.10. The number of carbonyl (C=O) groups excluding carboxylic acids is 1. The van der Waals surface area contributed by atoms with E-state index >= 15 is 0 Å². The minimum absolute atomic E-state index is 0.0266. The smallest absolute Gasteiger partial charge is 0.303 e. The van der Waals surface area contributed by atoms with Crippen LogP contribution in [-0.4, -0.2) is 19.0 Å². The van der Waals surface area contributed by atoms with E-state index < -0.39 is 33.8 Å². The molecule has 0 aliphatic carbocycles. The van der Waals surface area contributed by atoms with Gasteiger partial charge in [0.25, 0.3) is 0 Å². The Morgan fingerprint density at radius 2 is 1.62 bits per heavy atom. The maximum absolute atomic E-state index is 13.1. The fourth-order valence-corrected chi connectivity index (χ4v) is 5.16. The van der Waals surface area contributed by atoms with E-state index in [4.69, 9.17) is 0 Å². The zero-order valence-electron chi connectivity index (χ0n) is 13.8. The molecule has 0 saturated heterocycles. The Kier molecular flexibility index (Phi) is 4.66. The first-order chi connectivity index (χ1) is 12.2. The number of hydrogen-bond acceptors (Lipinski definition) is 3. The quantitative estimate of drug-likeness (QED) is 0.747. The average Bonchev–Trinajstić information content (AvgIpc) is 2.88. The van der Waals surface area contributed by atoms with Crippen molar-refractivity contribution >= 4 is 16.3 Å². The van der Waals surface area contributed by atoms with Gasteiger partial charge in [-0.15, -0.1) is 0 Å². The van der Waals surface area contributed by atoms with Gasteiger partial charge in [0.2, 0.25) is 10.0 Å². The zero-order chi connectivity index (χ0) is 19.1. The summed E-state index contributed by atoms with van der Waals surface area (Å²) in [6, 6.07) is 9.29. The highest BCUT2D eigenvalue weighted by atomic mass is 32.2. The molecule has 0 spiro atoms. The molecule has 0 N–H and O–H groups in total. The van der Waals surface area contributed by atoms with Crippen molar-refractivity contribution in [2.45, 2.75) is 36.5 Å². The van der Waals surface area contributed by atoms with E-state index in [1.165, 1.54) is 4.31 Å². The summed E-state index contributed by atoms with van der Waals surface area (Å²) >= 11 is 0. The van der Waals surface area contributed by atoms with Crippen LogP contribution >= 0.6 is 0 Å². The summed E-state index contributed by atoms with van der Waals surface area (Å²) < 4.78 is 65.5. The number of carbonyl (C=O) groups is 1. The van der Waals surface area contributed by atoms with Crippen molar-refractivity contribution < 1.29 is 26.4 Å². The molecule has 1 aliphatic rings. The molecule has 4 nitrogen and oxygen atoms in total. The van der Waals surface area contributed by atoms with Gasteiger partial charge in [-0.3, -0.25) is 0 Å². The number of halogens is 3. The summed E-state index contributed by atoms with van der Waals surface area (Å²) in [7, 11) is -4.08. The second-order valence-electron chi connectivity index (χ2n) is 6.08. The molecule has 1 aliphatic heterocycles. The Morgan fingerprint density at radius 3 is 2.15 bits per heavy atom. The first kappa shape index (κ1) is 18.6. The number of benzene rings is 2. The van der Waals surface area contributed by atoms with Gasteiger partial charge >= 0.3 is 6.18 Å². The number of fused-ring (bicyclic) bond motifs is 1. The van der Waals surface area contributed by atoms with Gasteiger partial charge in [-0.1, -0.05) is 24.3 Å². The van der Waals surface area contributed by atoms with Crippen molar-refractivity contribution in [3.63, 3.8) is 0 Å². The molecule has 0 amide bonds. The molecular weight excluding hydrogens is 367 g/mol. The average molecular weight is 383 g/mol. The molecule has 0 radical (unpaired) electrons. The standard InChI is InChI=1S/C18H16F3NO3S/c1-12-15-4-2-3-5-16(15)17(10-11-23)22(12)26(24,25)14-8-6-13(7-9-14)18(19,20)21/h2-9,11-12,17H,10H2,1H3. The van der Waals surface area contributed by atoms with E-state index in [1.54, 1.807) is 31.2 Å². The molecular formula is C18H16F3NO3S.